The van der Waals surface area contributed by atoms with E-state index in [9.17, 15) is 0 Å². The smallest absolute Gasteiger partial charge is 0.0685 e. The van der Waals surface area contributed by atoms with Crippen molar-refractivity contribution in [1.82, 2.24) is 9.78 Å². The van der Waals surface area contributed by atoms with Crippen molar-refractivity contribution in [3.8, 4) is 11.3 Å². The van der Waals surface area contributed by atoms with Crippen molar-refractivity contribution in [2.75, 3.05) is 12.3 Å². The molecule has 1 aromatic heterocycles. The van der Waals surface area contributed by atoms with Crippen molar-refractivity contribution in [1.29, 1.82) is 0 Å². The first kappa shape index (κ1) is 13.2. The maximum absolute atomic E-state index is 5.62. The number of benzene rings is 1. The van der Waals surface area contributed by atoms with E-state index in [1.807, 2.05) is 23.4 Å². The average molecular weight is 261 g/mol. The lowest BCUT2D eigenvalue weighted by molar-refractivity contribution is 0.626. The zero-order valence-corrected chi connectivity index (χ0v) is 11.7. The Bertz CT molecular complexity index is 502. The van der Waals surface area contributed by atoms with Crippen LogP contribution in [-0.2, 0) is 6.54 Å². The second-order valence-corrected chi connectivity index (χ2v) is 5.48. The Balaban J connectivity index is 2.29. The Morgan fingerprint density at radius 3 is 2.61 bits per heavy atom. The van der Waals surface area contributed by atoms with Crippen molar-refractivity contribution in [3.05, 3.63) is 36.0 Å². The lowest BCUT2D eigenvalue weighted by atomic mass is 10.1. The van der Waals surface area contributed by atoms with Crippen LogP contribution in [0.25, 0.3) is 11.3 Å². The highest BCUT2D eigenvalue weighted by atomic mass is 32.2. The minimum Gasteiger partial charge on any atom is -0.329 e. The predicted molar refractivity (Wildman–Crippen MR) is 77.9 cm³/mol. The first-order valence-electron chi connectivity index (χ1n) is 6.22. The van der Waals surface area contributed by atoms with Gasteiger partial charge in [0.05, 0.1) is 17.9 Å². The number of thioether (sulfide) groups is 1. The number of nitrogens with zero attached hydrogens (tertiary/aromatic N) is 2. The van der Waals surface area contributed by atoms with Gasteiger partial charge < -0.3 is 5.73 Å². The van der Waals surface area contributed by atoms with Crippen LogP contribution in [-0.4, -0.2) is 22.1 Å². The van der Waals surface area contributed by atoms with Gasteiger partial charge in [-0.3, -0.25) is 4.68 Å². The molecule has 0 saturated heterocycles. The van der Waals surface area contributed by atoms with Crippen molar-refractivity contribution >= 4 is 11.8 Å². The number of aromatic nitrogens is 2. The molecule has 0 radical (unpaired) electrons. The molecular weight excluding hydrogens is 242 g/mol. The zero-order chi connectivity index (χ0) is 13.0. The van der Waals surface area contributed by atoms with Gasteiger partial charge in [-0.1, -0.05) is 19.1 Å². The first-order valence-corrected chi connectivity index (χ1v) is 7.21. The molecule has 0 amide bonds. The fourth-order valence-electron chi connectivity index (χ4n) is 1.96. The maximum atomic E-state index is 5.62. The lowest BCUT2D eigenvalue weighted by Gasteiger charge is -2.06. The molecule has 2 N–H and O–H groups in total. The molecule has 0 spiro atoms. The molecule has 0 aliphatic rings. The summed E-state index contributed by atoms with van der Waals surface area (Å²) in [7, 11) is 0. The fraction of sp³-hybridized carbons (Fsp3) is 0.357. The van der Waals surface area contributed by atoms with Crippen LogP contribution in [0.4, 0.5) is 0 Å². The quantitative estimate of drug-likeness (QED) is 0.842. The summed E-state index contributed by atoms with van der Waals surface area (Å²) in [5.41, 5.74) is 8.99. The second kappa shape index (κ2) is 6.07. The molecule has 0 fully saturated rings. The van der Waals surface area contributed by atoms with Crippen LogP contribution >= 0.6 is 11.8 Å². The van der Waals surface area contributed by atoms with E-state index >= 15 is 0 Å². The predicted octanol–water partition coefficient (Wildman–Crippen LogP) is 2.93. The Hall–Kier alpha value is -1.26. The van der Waals surface area contributed by atoms with Gasteiger partial charge >= 0.3 is 0 Å². The summed E-state index contributed by atoms with van der Waals surface area (Å²) < 4.78 is 1.98. The number of rotatable bonds is 5. The summed E-state index contributed by atoms with van der Waals surface area (Å²) in [5.74, 6) is 1.10. The monoisotopic (exact) mass is 261 g/mol. The van der Waals surface area contributed by atoms with E-state index in [1.54, 1.807) is 0 Å². The molecule has 4 heteroatoms. The molecular formula is C14H19N3S. The molecule has 3 nitrogen and oxygen atoms in total. The van der Waals surface area contributed by atoms with E-state index < -0.39 is 0 Å². The van der Waals surface area contributed by atoms with Crippen LogP contribution < -0.4 is 5.73 Å². The topological polar surface area (TPSA) is 43.8 Å². The van der Waals surface area contributed by atoms with Gasteiger partial charge in [0.2, 0.25) is 0 Å². The number of hydrogen-bond donors (Lipinski definition) is 1. The van der Waals surface area contributed by atoms with E-state index in [0.717, 1.165) is 23.7 Å². The first-order chi connectivity index (χ1) is 8.74. The third-order valence-electron chi connectivity index (χ3n) is 2.70. The van der Waals surface area contributed by atoms with E-state index in [-0.39, 0.29) is 0 Å². The third-order valence-corrected chi connectivity index (χ3v) is 3.60. The van der Waals surface area contributed by atoms with Crippen molar-refractivity contribution in [2.24, 2.45) is 5.73 Å². The Kier molecular flexibility index (Phi) is 4.44. The van der Waals surface area contributed by atoms with Crippen LogP contribution in [0.3, 0.4) is 0 Å². The summed E-state index contributed by atoms with van der Waals surface area (Å²) >= 11 is 1.86. The fourth-order valence-corrected chi connectivity index (χ4v) is 2.62. The van der Waals surface area contributed by atoms with Crippen LogP contribution in [0, 0.1) is 6.92 Å². The van der Waals surface area contributed by atoms with E-state index in [4.69, 9.17) is 5.73 Å². The molecule has 2 rings (SSSR count). The van der Waals surface area contributed by atoms with Crippen molar-refractivity contribution in [2.45, 2.75) is 25.3 Å². The van der Waals surface area contributed by atoms with Gasteiger partial charge in [0.25, 0.3) is 0 Å². The van der Waals surface area contributed by atoms with E-state index in [1.165, 1.54) is 10.5 Å². The van der Waals surface area contributed by atoms with Crippen LogP contribution in [0.1, 0.15) is 12.6 Å². The van der Waals surface area contributed by atoms with Crippen LogP contribution in [0.5, 0.6) is 0 Å². The molecule has 0 atom stereocenters. The Labute approximate surface area is 112 Å². The summed E-state index contributed by atoms with van der Waals surface area (Å²) in [6, 6.07) is 10.7. The minimum atomic E-state index is 0.609. The Morgan fingerprint density at radius 1 is 1.28 bits per heavy atom. The van der Waals surface area contributed by atoms with Crippen molar-refractivity contribution in [3.63, 3.8) is 0 Å². The van der Waals surface area contributed by atoms with E-state index in [0.29, 0.717) is 6.54 Å². The van der Waals surface area contributed by atoms with Gasteiger partial charge in [-0.05, 0) is 36.4 Å². The Morgan fingerprint density at radius 2 is 2.00 bits per heavy atom. The average Bonchev–Trinajstić information content (AvgIpc) is 2.72. The molecule has 1 aromatic carbocycles. The number of aryl methyl sites for hydroxylation is 1. The standard InChI is InChI=1S/C14H19N3S/c1-3-18-13-6-4-12(5-7-13)14-10-11(2)16-17(14)9-8-15/h4-7,10H,3,8-9,15H2,1-2H3. The highest BCUT2D eigenvalue weighted by molar-refractivity contribution is 7.99. The highest BCUT2D eigenvalue weighted by Gasteiger charge is 2.07. The number of hydrogen-bond acceptors (Lipinski definition) is 3. The summed E-state index contributed by atoms with van der Waals surface area (Å²) in [5, 5.41) is 4.47. The summed E-state index contributed by atoms with van der Waals surface area (Å²) in [4.78, 5) is 1.31. The van der Waals surface area contributed by atoms with Gasteiger partial charge in [-0.15, -0.1) is 11.8 Å². The summed E-state index contributed by atoms with van der Waals surface area (Å²) in [6.07, 6.45) is 0. The minimum absolute atomic E-state index is 0.609. The molecule has 0 aliphatic carbocycles. The summed E-state index contributed by atoms with van der Waals surface area (Å²) in [6.45, 7) is 5.54. The molecule has 0 aliphatic heterocycles. The van der Waals surface area contributed by atoms with E-state index in [2.05, 4.69) is 42.4 Å². The maximum Gasteiger partial charge on any atom is 0.0685 e. The molecule has 96 valence electrons. The van der Waals surface area contributed by atoms with Gasteiger partial charge in [-0.25, -0.2) is 0 Å². The molecule has 0 unspecified atom stereocenters. The van der Waals surface area contributed by atoms with Crippen LogP contribution in [0.2, 0.25) is 0 Å². The second-order valence-electron chi connectivity index (χ2n) is 4.14. The third kappa shape index (κ3) is 2.94. The lowest BCUT2D eigenvalue weighted by Crippen LogP contribution is -2.12. The molecule has 2 aromatic rings. The highest BCUT2D eigenvalue weighted by Crippen LogP contribution is 2.24. The number of nitrogens with two attached hydrogens (primary N) is 1. The SMILES string of the molecule is CCSc1ccc(-c2cc(C)nn2CCN)cc1. The van der Waals surface area contributed by atoms with Crippen LogP contribution in [0.15, 0.2) is 35.2 Å². The zero-order valence-electron chi connectivity index (χ0n) is 10.9. The molecule has 18 heavy (non-hydrogen) atoms. The molecule has 0 saturated carbocycles. The van der Waals surface area contributed by atoms with Gasteiger partial charge in [0.15, 0.2) is 0 Å². The largest absolute Gasteiger partial charge is 0.329 e. The van der Waals surface area contributed by atoms with Gasteiger partial charge in [-0.2, -0.15) is 5.10 Å². The molecule has 1 heterocycles. The van der Waals surface area contributed by atoms with Crippen molar-refractivity contribution < 1.29 is 0 Å². The normalized spacial score (nSPS) is 10.8. The van der Waals surface area contributed by atoms with Gasteiger partial charge in [0, 0.05) is 11.4 Å². The molecule has 0 bridgehead atoms. The van der Waals surface area contributed by atoms with Gasteiger partial charge in [0.1, 0.15) is 0 Å².